The van der Waals surface area contributed by atoms with Crippen molar-refractivity contribution in [1.82, 2.24) is 0 Å². The average molecular weight is 297 g/mol. The molecule has 0 radical (unpaired) electrons. The van der Waals surface area contributed by atoms with Gasteiger partial charge in [0.1, 0.15) is 5.75 Å². The van der Waals surface area contributed by atoms with Crippen LogP contribution in [0.1, 0.15) is 10.4 Å². The molecular weight excluding hydrogens is 287 g/mol. The van der Waals surface area contributed by atoms with E-state index in [4.69, 9.17) is 28.9 Å². The summed E-state index contributed by atoms with van der Waals surface area (Å²) in [6.07, 6.45) is 0. The lowest BCUT2D eigenvalue weighted by molar-refractivity contribution is 0.102. The molecule has 4 nitrogen and oxygen atoms in total. The van der Waals surface area contributed by atoms with Crippen LogP contribution >= 0.6 is 23.2 Å². The summed E-state index contributed by atoms with van der Waals surface area (Å²) in [7, 11) is 0. The van der Waals surface area contributed by atoms with Crippen LogP contribution in [0.4, 0.5) is 11.4 Å². The van der Waals surface area contributed by atoms with Gasteiger partial charge in [-0.05, 0) is 36.4 Å². The largest absolute Gasteiger partial charge is 0.506 e. The predicted octanol–water partition coefficient (Wildman–Crippen LogP) is 3.53. The van der Waals surface area contributed by atoms with Crippen LogP contribution in [0.3, 0.4) is 0 Å². The third-order valence-corrected chi connectivity index (χ3v) is 3.11. The van der Waals surface area contributed by atoms with Crippen molar-refractivity contribution in [2.45, 2.75) is 0 Å². The zero-order valence-corrected chi connectivity index (χ0v) is 11.2. The van der Waals surface area contributed by atoms with Gasteiger partial charge in [0.05, 0.1) is 15.7 Å². The number of rotatable bonds is 2. The number of benzene rings is 2. The van der Waals surface area contributed by atoms with Gasteiger partial charge in [0.2, 0.25) is 0 Å². The molecule has 0 unspecified atom stereocenters. The van der Waals surface area contributed by atoms with Gasteiger partial charge in [-0.3, -0.25) is 4.79 Å². The SMILES string of the molecule is Nc1cc(C(=O)Nc2ccc(O)c(Cl)c2)ccc1Cl. The van der Waals surface area contributed by atoms with Gasteiger partial charge in [-0.2, -0.15) is 0 Å². The first-order valence-electron chi connectivity index (χ1n) is 5.32. The molecule has 0 fully saturated rings. The molecule has 4 N–H and O–H groups in total. The number of halogens is 2. The van der Waals surface area contributed by atoms with E-state index in [9.17, 15) is 9.90 Å². The van der Waals surface area contributed by atoms with E-state index in [-0.39, 0.29) is 16.7 Å². The van der Waals surface area contributed by atoms with E-state index in [0.29, 0.717) is 22.0 Å². The molecule has 0 saturated carbocycles. The van der Waals surface area contributed by atoms with E-state index in [1.807, 2.05) is 0 Å². The zero-order chi connectivity index (χ0) is 14.0. The number of amides is 1. The number of carbonyl (C=O) groups excluding carboxylic acids is 1. The number of anilines is 2. The molecule has 0 bridgehead atoms. The number of nitrogens with two attached hydrogens (primary N) is 1. The molecule has 0 saturated heterocycles. The van der Waals surface area contributed by atoms with Crippen LogP contribution in [0.15, 0.2) is 36.4 Å². The molecule has 0 aliphatic carbocycles. The van der Waals surface area contributed by atoms with E-state index >= 15 is 0 Å². The molecule has 0 atom stereocenters. The Morgan fingerprint density at radius 1 is 1.11 bits per heavy atom. The van der Waals surface area contributed by atoms with Crippen molar-refractivity contribution in [3.05, 3.63) is 52.0 Å². The number of carbonyl (C=O) groups is 1. The molecule has 2 aromatic rings. The first-order chi connectivity index (χ1) is 8.97. The lowest BCUT2D eigenvalue weighted by atomic mass is 10.2. The summed E-state index contributed by atoms with van der Waals surface area (Å²) in [6.45, 7) is 0. The van der Waals surface area contributed by atoms with Crippen molar-refractivity contribution < 1.29 is 9.90 Å². The Labute approximate surface area is 119 Å². The van der Waals surface area contributed by atoms with Gasteiger partial charge in [-0.1, -0.05) is 23.2 Å². The highest BCUT2D eigenvalue weighted by Gasteiger charge is 2.09. The number of hydrogen-bond donors (Lipinski definition) is 3. The number of nitrogen functional groups attached to an aromatic ring is 1. The summed E-state index contributed by atoms with van der Waals surface area (Å²) in [5.41, 5.74) is 6.82. The van der Waals surface area contributed by atoms with Gasteiger partial charge in [0.25, 0.3) is 5.91 Å². The van der Waals surface area contributed by atoms with Crippen LogP contribution in [-0.2, 0) is 0 Å². The van der Waals surface area contributed by atoms with Gasteiger partial charge >= 0.3 is 0 Å². The highest BCUT2D eigenvalue weighted by atomic mass is 35.5. The van der Waals surface area contributed by atoms with Gasteiger partial charge in [-0.25, -0.2) is 0 Å². The van der Waals surface area contributed by atoms with Crippen molar-refractivity contribution in [3.8, 4) is 5.75 Å². The second-order valence-electron chi connectivity index (χ2n) is 3.86. The molecule has 98 valence electrons. The standard InChI is InChI=1S/C13H10Cl2N2O2/c14-9-3-1-7(5-11(9)16)13(19)17-8-2-4-12(18)10(15)6-8/h1-6,18H,16H2,(H,17,19). The summed E-state index contributed by atoms with van der Waals surface area (Å²) < 4.78 is 0. The van der Waals surface area contributed by atoms with E-state index < -0.39 is 0 Å². The maximum absolute atomic E-state index is 12.0. The fourth-order valence-corrected chi connectivity index (χ4v) is 1.77. The summed E-state index contributed by atoms with van der Waals surface area (Å²) in [6, 6.07) is 8.99. The van der Waals surface area contributed by atoms with Crippen LogP contribution in [0, 0.1) is 0 Å². The first kappa shape index (κ1) is 13.5. The van der Waals surface area contributed by atoms with Gasteiger partial charge < -0.3 is 16.2 Å². The number of phenols is 1. The first-order valence-corrected chi connectivity index (χ1v) is 6.08. The molecule has 0 aliphatic heterocycles. The van der Waals surface area contributed by atoms with Gasteiger partial charge in [0, 0.05) is 11.3 Å². The Morgan fingerprint density at radius 2 is 1.84 bits per heavy atom. The molecule has 0 heterocycles. The molecule has 0 aliphatic rings. The summed E-state index contributed by atoms with van der Waals surface area (Å²) in [5.74, 6) is -0.388. The fraction of sp³-hybridized carbons (Fsp3) is 0. The average Bonchev–Trinajstić information content (AvgIpc) is 2.37. The number of hydrogen-bond acceptors (Lipinski definition) is 3. The number of aromatic hydroxyl groups is 1. The van der Waals surface area contributed by atoms with E-state index in [0.717, 1.165) is 0 Å². The third kappa shape index (κ3) is 3.10. The summed E-state index contributed by atoms with van der Waals surface area (Å²) in [5, 5.41) is 12.5. The predicted molar refractivity (Wildman–Crippen MR) is 76.9 cm³/mol. The van der Waals surface area contributed by atoms with Crippen molar-refractivity contribution in [2.24, 2.45) is 0 Å². The minimum absolute atomic E-state index is 0.0459. The summed E-state index contributed by atoms with van der Waals surface area (Å²) in [4.78, 5) is 12.0. The molecule has 19 heavy (non-hydrogen) atoms. The number of nitrogens with one attached hydrogen (secondary N) is 1. The Bertz CT molecular complexity index is 645. The normalized spacial score (nSPS) is 10.2. The zero-order valence-electron chi connectivity index (χ0n) is 9.65. The van der Waals surface area contributed by atoms with Crippen LogP contribution < -0.4 is 11.1 Å². The van der Waals surface area contributed by atoms with E-state index in [1.54, 1.807) is 18.2 Å². The van der Waals surface area contributed by atoms with Crippen molar-refractivity contribution in [1.29, 1.82) is 0 Å². The van der Waals surface area contributed by atoms with E-state index in [1.165, 1.54) is 18.2 Å². The Balaban J connectivity index is 2.20. The minimum Gasteiger partial charge on any atom is -0.506 e. The van der Waals surface area contributed by atoms with Gasteiger partial charge in [-0.15, -0.1) is 0 Å². The number of phenolic OH excluding ortho intramolecular Hbond substituents is 1. The highest BCUT2D eigenvalue weighted by Crippen LogP contribution is 2.26. The lowest BCUT2D eigenvalue weighted by Crippen LogP contribution is -2.12. The Hall–Kier alpha value is -1.91. The molecule has 6 heteroatoms. The molecule has 1 amide bonds. The lowest BCUT2D eigenvalue weighted by Gasteiger charge is -2.07. The van der Waals surface area contributed by atoms with Crippen molar-refractivity contribution in [2.75, 3.05) is 11.1 Å². The van der Waals surface area contributed by atoms with Gasteiger partial charge in [0.15, 0.2) is 0 Å². The second-order valence-corrected chi connectivity index (χ2v) is 4.67. The quantitative estimate of drug-likeness (QED) is 0.586. The molecular formula is C13H10Cl2N2O2. The van der Waals surface area contributed by atoms with E-state index in [2.05, 4.69) is 5.32 Å². The van der Waals surface area contributed by atoms with Crippen molar-refractivity contribution >= 4 is 40.5 Å². The molecule has 2 aromatic carbocycles. The fourth-order valence-electron chi connectivity index (χ4n) is 1.47. The van der Waals surface area contributed by atoms with Crippen LogP contribution in [0.25, 0.3) is 0 Å². The second kappa shape index (κ2) is 5.38. The molecule has 0 aromatic heterocycles. The monoisotopic (exact) mass is 296 g/mol. The molecule has 2 rings (SSSR count). The smallest absolute Gasteiger partial charge is 0.255 e. The Kier molecular flexibility index (Phi) is 3.83. The third-order valence-electron chi connectivity index (χ3n) is 2.46. The van der Waals surface area contributed by atoms with Crippen LogP contribution in [0.5, 0.6) is 5.75 Å². The maximum Gasteiger partial charge on any atom is 0.255 e. The molecule has 0 spiro atoms. The van der Waals surface area contributed by atoms with Crippen molar-refractivity contribution in [3.63, 3.8) is 0 Å². The summed E-state index contributed by atoms with van der Waals surface area (Å²) >= 11 is 11.5. The topological polar surface area (TPSA) is 75.4 Å². The van der Waals surface area contributed by atoms with Crippen LogP contribution in [0.2, 0.25) is 10.0 Å². The Morgan fingerprint density at radius 3 is 2.47 bits per heavy atom. The van der Waals surface area contributed by atoms with Crippen LogP contribution in [-0.4, -0.2) is 11.0 Å². The minimum atomic E-state index is -0.342. The highest BCUT2D eigenvalue weighted by molar-refractivity contribution is 6.33. The maximum atomic E-state index is 12.0.